The van der Waals surface area contributed by atoms with E-state index in [-0.39, 0.29) is 18.3 Å². The highest BCUT2D eigenvalue weighted by molar-refractivity contribution is 8.26. The predicted octanol–water partition coefficient (Wildman–Crippen LogP) is 3.81. The number of ether oxygens (including phenoxy) is 2. The lowest BCUT2D eigenvalue weighted by Crippen LogP contribution is -2.33. The summed E-state index contributed by atoms with van der Waals surface area (Å²) in [4.78, 5) is 35.8. The van der Waals surface area contributed by atoms with Gasteiger partial charge >= 0.3 is 0 Å². The van der Waals surface area contributed by atoms with E-state index in [9.17, 15) is 9.59 Å². The summed E-state index contributed by atoms with van der Waals surface area (Å²) >= 11 is 6.75. The van der Waals surface area contributed by atoms with Gasteiger partial charge in [0.05, 0.1) is 17.0 Å². The molecule has 3 aromatic rings. The molecular weight excluding hydrogens is 484 g/mol. The topological polar surface area (TPSA) is 76.4 Å². The van der Waals surface area contributed by atoms with Gasteiger partial charge in [0.25, 0.3) is 11.5 Å². The summed E-state index contributed by atoms with van der Waals surface area (Å²) in [5.41, 5.74) is 1.69. The summed E-state index contributed by atoms with van der Waals surface area (Å²) < 4.78 is 12.8. The molecule has 0 saturated carbocycles. The monoisotopic (exact) mass is 506 g/mol. The molecule has 2 saturated heterocycles. The van der Waals surface area contributed by atoms with E-state index in [1.807, 2.05) is 30.3 Å². The van der Waals surface area contributed by atoms with Crippen LogP contribution in [0.15, 0.2) is 52.3 Å². The van der Waals surface area contributed by atoms with Crippen LogP contribution in [0.1, 0.15) is 30.4 Å². The van der Waals surface area contributed by atoms with Crippen LogP contribution in [-0.4, -0.2) is 44.4 Å². The van der Waals surface area contributed by atoms with Crippen molar-refractivity contribution in [3.05, 3.63) is 69.0 Å². The van der Waals surface area contributed by atoms with Crippen LogP contribution in [-0.2, 0) is 11.3 Å². The number of fused-ring (bicyclic) bond motifs is 2. The van der Waals surface area contributed by atoms with Crippen LogP contribution in [0.4, 0.5) is 5.82 Å². The largest absolute Gasteiger partial charge is 0.454 e. The molecule has 3 aliphatic heterocycles. The molecule has 2 fully saturated rings. The van der Waals surface area contributed by atoms with Crippen molar-refractivity contribution in [2.45, 2.75) is 25.8 Å². The SMILES string of the molecule is O=C1/C(=C/c2c(N3CCCCC3)nc3ccccn3c2=O)SC(=S)N1Cc1ccc2c(c1)OCO2. The van der Waals surface area contributed by atoms with Crippen molar-refractivity contribution >= 4 is 51.7 Å². The fourth-order valence-corrected chi connectivity index (χ4v) is 5.79. The Bertz CT molecular complexity index is 1450. The standard InChI is InChI=1S/C25H22N4O4S2/c30-23-17(22(27-9-3-1-4-10-27)26-21-6-2-5-11-28(21)23)13-20-24(31)29(25(34)35-20)14-16-7-8-18-19(12-16)33-15-32-18/h2,5-8,11-13H,1,3-4,9-10,14-15H2/b20-13-. The minimum absolute atomic E-state index is 0.192. The van der Waals surface area contributed by atoms with Gasteiger partial charge in [0, 0.05) is 19.3 Å². The summed E-state index contributed by atoms with van der Waals surface area (Å²) in [5, 5.41) is 0. The second-order valence-corrected chi connectivity index (χ2v) is 10.3. The maximum absolute atomic E-state index is 13.5. The van der Waals surface area contributed by atoms with Crippen molar-refractivity contribution in [2.24, 2.45) is 0 Å². The van der Waals surface area contributed by atoms with E-state index in [0.29, 0.717) is 44.3 Å². The molecule has 8 nitrogen and oxygen atoms in total. The average molecular weight is 507 g/mol. The second-order valence-electron chi connectivity index (χ2n) is 8.59. The fraction of sp³-hybridized carbons (Fsp3) is 0.280. The fourth-order valence-electron chi connectivity index (χ4n) is 4.55. The normalized spacial score (nSPS) is 18.8. The molecule has 0 bridgehead atoms. The molecule has 5 heterocycles. The van der Waals surface area contributed by atoms with Gasteiger partial charge in [-0.15, -0.1) is 0 Å². The number of thiocarbonyl (C=S) groups is 1. The zero-order valence-corrected chi connectivity index (χ0v) is 20.4. The van der Waals surface area contributed by atoms with Crippen LogP contribution in [0.2, 0.25) is 0 Å². The Morgan fingerprint density at radius 2 is 1.89 bits per heavy atom. The maximum atomic E-state index is 13.5. The number of hydrogen-bond acceptors (Lipinski definition) is 8. The van der Waals surface area contributed by atoms with Crippen molar-refractivity contribution < 1.29 is 14.3 Å². The molecule has 0 aliphatic carbocycles. The molecule has 0 N–H and O–H groups in total. The van der Waals surface area contributed by atoms with Gasteiger partial charge in [0.15, 0.2) is 11.5 Å². The highest BCUT2D eigenvalue weighted by atomic mass is 32.2. The van der Waals surface area contributed by atoms with Crippen LogP contribution >= 0.6 is 24.0 Å². The number of benzene rings is 1. The van der Waals surface area contributed by atoms with Gasteiger partial charge in [-0.25, -0.2) is 4.98 Å². The Morgan fingerprint density at radius 1 is 1.06 bits per heavy atom. The number of piperidine rings is 1. The van der Waals surface area contributed by atoms with Crippen LogP contribution in [0.25, 0.3) is 11.7 Å². The summed E-state index contributed by atoms with van der Waals surface area (Å²) in [6.07, 6.45) is 6.63. The van der Waals surface area contributed by atoms with E-state index >= 15 is 0 Å². The average Bonchev–Trinajstić information content (AvgIpc) is 3.45. The van der Waals surface area contributed by atoms with E-state index in [4.69, 9.17) is 26.7 Å². The van der Waals surface area contributed by atoms with Gasteiger partial charge in [0.1, 0.15) is 15.8 Å². The first-order valence-electron chi connectivity index (χ1n) is 11.5. The zero-order chi connectivity index (χ0) is 23.9. The Kier molecular flexibility index (Phi) is 5.69. The molecule has 0 atom stereocenters. The maximum Gasteiger partial charge on any atom is 0.267 e. The Labute approximate surface area is 211 Å². The third-order valence-electron chi connectivity index (χ3n) is 6.33. The molecule has 1 amide bonds. The van der Waals surface area contributed by atoms with E-state index < -0.39 is 0 Å². The molecule has 178 valence electrons. The number of carbonyl (C=O) groups excluding carboxylic acids is 1. The zero-order valence-electron chi connectivity index (χ0n) is 18.8. The van der Waals surface area contributed by atoms with Gasteiger partial charge in [-0.1, -0.05) is 36.1 Å². The lowest BCUT2D eigenvalue weighted by molar-refractivity contribution is -0.122. The van der Waals surface area contributed by atoms with Crippen molar-refractivity contribution in [2.75, 3.05) is 24.8 Å². The third-order valence-corrected chi connectivity index (χ3v) is 7.71. The van der Waals surface area contributed by atoms with Crippen LogP contribution in [0, 0.1) is 0 Å². The van der Waals surface area contributed by atoms with Gasteiger partial charge in [-0.2, -0.15) is 0 Å². The molecule has 1 aromatic carbocycles. The first-order chi connectivity index (χ1) is 17.1. The Balaban J connectivity index is 1.36. The van der Waals surface area contributed by atoms with E-state index in [1.54, 1.807) is 23.2 Å². The van der Waals surface area contributed by atoms with Crippen LogP contribution < -0.4 is 19.9 Å². The number of rotatable bonds is 4. The highest BCUT2D eigenvalue weighted by Gasteiger charge is 2.33. The number of amides is 1. The molecule has 0 unspecified atom stereocenters. The van der Waals surface area contributed by atoms with Crippen LogP contribution in [0.3, 0.4) is 0 Å². The molecule has 6 rings (SSSR count). The van der Waals surface area contributed by atoms with E-state index in [1.165, 1.54) is 16.2 Å². The molecule has 0 radical (unpaired) electrons. The van der Waals surface area contributed by atoms with E-state index in [0.717, 1.165) is 37.9 Å². The molecule has 2 aromatic heterocycles. The van der Waals surface area contributed by atoms with Gasteiger partial charge in [-0.3, -0.25) is 18.9 Å². The number of pyridine rings is 1. The second kappa shape index (κ2) is 9.01. The quantitative estimate of drug-likeness (QED) is 0.391. The first kappa shape index (κ1) is 22.1. The van der Waals surface area contributed by atoms with Gasteiger partial charge in [-0.05, 0) is 55.2 Å². The Hall–Kier alpha value is -3.37. The van der Waals surface area contributed by atoms with Crippen molar-refractivity contribution in [1.29, 1.82) is 0 Å². The summed E-state index contributed by atoms with van der Waals surface area (Å²) in [7, 11) is 0. The lowest BCUT2D eigenvalue weighted by Gasteiger charge is -2.29. The van der Waals surface area contributed by atoms with Crippen molar-refractivity contribution in [1.82, 2.24) is 14.3 Å². The molecule has 0 spiro atoms. The number of hydrogen-bond donors (Lipinski definition) is 0. The molecule has 3 aliphatic rings. The number of nitrogens with zero attached hydrogens (tertiary/aromatic N) is 4. The van der Waals surface area contributed by atoms with E-state index in [2.05, 4.69) is 4.90 Å². The minimum Gasteiger partial charge on any atom is -0.454 e. The number of anilines is 1. The van der Waals surface area contributed by atoms with Gasteiger partial charge < -0.3 is 14.4 Å². The summed E-state index contributed by atoms with van der Waals surface area (Å²) in [5.74, 6) is 1.75. The summed E-state index contributed by atoms with van der Waals surface area (Å²) in [6.45, 7) is 2.17. The van der Waals surface area contributed by atoms with Crippen LogP contribution in [0.5, 0.6) is 11.5 Å². The minimum atomic E-state index is -0.222. The molecule has 35 heavy (non-hydrogen) atoms. The highest BCUT2D eigenvalue weighted by Crippen LogP contribution is 2.37. The predicted molar refractivity (Wildman–Crippen MR) is 139 cm³/mol. The molecule has 10 heteroatoms. The number of aromatic nitrogens is 2. The number of carbonyl (C=O) groups is 1. The van der Waals surface area contributed by atoms with Gasteiger partial charge in [0.2, 0.25) is 6.79 Å². The smallest absolute Gasteiger partial charge is 0.267 e. The lowest BCUT2D eigenvalue weighted by atomic mass is 10.1. The molecular formula is C25H22N4O4S2. The number of thioether (sulfide) groups is 1. The first-order valence-corrected chi connectivity index (χ1v) is 12.7. The van der Waals surface area contributed by atoms with Crippen molar-refractivity contribution in [3.63, 3.8) is 0 Å². The Morgan fingerprint density at radius 3 is 2.74 bits per heavy atom. The van der Waals surface area contributed by atoms with Crippen molar-refractivity contribution in [3.8, 4) is 11.5 Å². The summed E-state index contributed by atoms with van der Waals surface area (Å²) in [6, 6.07) is 11.1. The third kappa shape index (κ3) is 4.06.